The third kappa shape index (κ3) is 3.41. The Morgan fingerprint density at radius 1 is 1.44 bits per heavy atom. The molecule has 1 rings (SSSR count). The van der Waals surface area contributed by atoms with Gasteiger partial charge in [0.25, 0.3) is 0 Å². The predicted molar refractivity (Wildman–Crippen MR) is 56.5 cm³/mol. The molecule has 1 heterocycles. The van der Waals surface area contributed by atoms with Crippen LogP contribution in [0.1, 0.15) is 23.2 Å². The fourth-order valence-electron chi connectivity index (χ4n) is 0.988. The molecule has 0 saturated heterocycles. The molecule has 2 unspecified atom stereocenters. The normalized spacial score (nSPS) is 16.1. The van der Waals surface area contributed by atoms with Gasteiger partial charge in [0.1, 0.15) is 11.1 Å². The summed E-state index contributed by atoms with van der Waals surface area (Å²) in [5.74, 6) is 0. The molecule has 16 heavy (non-hydrogen) atoms. The fourth-order valence-corrected chi connectivity index (χ4v) is 2.32. The summed E-state index contributed by atoms with van der Waals surface area (Å²) in [6, 6.07) is 0. The van der Waals surface area contributed by atoms with E-state index in [1.54, 1.807) is 0 Å². The first-order valence-electron chi connectivity index (χ1n) is 4.31. The molecule has 0 saturated carbocycles. The van der Waals surface area contributed by atoms with Crippen molar-refractivity contribution < 1.29 is 23.4 Å². The Labute approximate surface area is 102 Å². The molecular weight excluding hydrogens is 311 g/mol. The van der Waals surface area contributed by atoms with E-state index in [0.717, 1.165) is 5.38 Å². The van der Waals surface area contributed by atoms with Gasteiger partial charge in [-0.1, -0.05) is 15.9 Å². The van der Waals surface area contributed by atoms with E-state index in [-0.39, 0.29) is 11.4 Å². The molecule has 3 nitrogen and oxygen atoms in total. The van der Waals surface area contributed by atoms with Gasteiger partial charge < -0.3 is 10.2 Å². The van der Waals surface area contributed by atoms with Crippen molar-refractivity contribution in [2.45, 2.75) is 24.8 Å². The molecule has 0 aromatic carbocycles. The quantitative estimate of drug-likeness (QED) is 0.838. The van der Waals surface area contributed by atoms with Crippen molar-refractivity contribution in [1.29, 1.82) is 0 Å². The first-order chi connectivity index (χ1) is 7.36. The van der Waals surface area contributed by atoms with Gasteiger partial charge >= 0.3 is 6.18 Å². The maximum absolute atomic E-state index is 12.2. The van der Waals surface area contributed by atoms with Crippen molar-refractivity contribution in [3.63, 3.8) is 0 Å². The summed E-state index contributed by atoms with van der Waals surface area (Å²) in [4.78, 5) is 3.25. The van der Waals surface area contributed by atoms with E-state index in [0.29, 0.717) is 16.7 Å². The Hall–Kier alpha value is -0.180. The van der Waals surface area contributed by atoms with Crippen molar-refractivity contribution in [3.8, 4) is 0 Å². The van der Waals surface area contributed by atoms with Crippen LogP contribution in [-0.4, -0.2) is 26.6 Å². The summed E-state index contributed by atoms with van der Waals surface area (Å²) < 4.78 is 36.6. The Morgan fingerprint density at radius 3 is 2.50 bits per heavy atom. The zero-order chi connectivity index (χ0) is 12.3. The standard InChI is InChI=1S/C8H9BrF3NO2S/c9-2-1-4(14)6(15)7-13-5(3-16-7)8(10,11)12/h3-4,6,14-15H,1-2H2. The van der Waals surface area contributed by atoms with Crippen LogP contribution in [-0.2, 0) is 6.18 Å². The van der Waals surface area contributed by atoms with Gasteiger partial charge in [-0.3, -0.25) is 0 Å². The summed E-state index contributed by atoms with van der Waals surface area (Å²) in [6.07, 6.45) is -6.78. The van der Waals surface area contributed by atoms with Crippen LogP contribution in [0.4, 0.5) is 13.2 Å². The summed E-state index contributed by atoms with van der Waals surface area (Å²) >= 11 is 3.74. The number of aliphatic hydroxyl groups is 2. The minimum absolute atomic E-state index is 0.124. The maximum atomic E-state index is 12.2. The van der Waals surface area contributed by atoms with E-state index >= 15 is 0 Å². The second-order valence-electron chi connectivity index (χ2n) is 3.06. The second-order valence-corrected chi connectivity index (χ2v) is 4.74. The topological polar surface area (TPSA) is 53.4 Å². The molecule has 0 aliphatic heterocycles. The number of aliphatic hydroxyl groups excluding tert-OH is 2. The van der Waals surface area contributed by atoms with Crippen LogP contribution >= 0.6 is 27.3 Å². The molecule has 2 atom stereocenters. The van der Waals surface area contributed by atoms with Gasteiger partial charge in [-0.25, -0.2) is 4.98 Å². The molecule has 0 fully saturated rings. The highest BCUT2D eigenvalue weighted by Gasteiger charge is 2.35. The summed E-state index contributed by atoms with van der Waals surface area (Å²) in [6.45, 7) is 0. The third-order valence-corrected chi connectivity index (χ3v) is 3.21. The predicted octanol–water partition coefficient (Wildman–Crippen LogP) is 2.34. The molecule has 0 radical (unpaired) electrons. The van der Waals surface area contributed by atoms with E-state index in [1.807, 2.05) is 0 Å². The number of hydrogen-bond acceptors (Lipinski definition) is 4. The van der Waals surface area contributed by atoms with Gasteiger partial charge in [-0.15, -0.1) is 11.3 Å². The van der Waals surface area contributed by atoms with Crippen LogP contribution in [0.25, 0.3) is 0 Å². The number of alkyl halides is 4. The summed E-state index contributed by atoms with van der Waals surface area (Å²) in [5, 5.41) is 20.0. The first kappa shape index (κ1) is 13.9. The number of nitrogens with zero attached hydrogens (tertiary/aromatic N) is 1. The lowest BCUT2D eigenvalue weighted by Gasteiger charge is -2.13. The van der Waals surface area contributed by atoms with Gasteiger partial charge in [0.05, 0.1) is 6.10 Å². The van der Waals surface area contributed by atoms with Crippen LogP contribution in [0.2, 0.25) is 0 Å². The van der Waals surface area contributed by atoms with E-state index < -0.39 is 24.1 Å². The van der Waals surface area contributed by atoms with E-state index in [1.165, 1.54) is 0 Å². The number of aromatic nitrogens is 1. The highest BCUT2D eigenvalue weighted by atomic mass is 79.9. The number of hydrogen-bond donors (Lipinski definition) is 2. The number of halogens is 4. The van der Waals surface area contributed by atoms with Gasteiger partial charge in [-0.2, -0.15) is 13.2 Å². The maximum Gasteiger partial charge on any atom is 0.434 e. The van der Waals surface area contributed by atoms with E-state index in [9.17, 15) is 23.4 Å². The first-order valence-corrected chi connectivity index (χ1v) is 6.31. The van der Waals surface area contributed by atoms with Crippen LogP contribution < -0.4 is 0 Å². The zero-order valence-electron chi connectivity index (χ0n) is 7.91. The van der Waals surface area contributed by atoms with Crippen molar-refractivity contribution in [2.75, 3.05) is 5.33 Å². The Morgan fingerprint density at radius 2 is 2.06 bits per heavy atom. The minimum Gasteiger partial charge on any atom is -0.390 e. The van der Waals surface area contributed by atoms with Crippen LogP contribution in [0.15, 0.2) is 5.38 Å². The van der Waals surface area contributed by atoms with Gasteiger partial charge in [0.2, 0.25) is 0 Å². The lowest BCUT2D eigenvalue weighted by atomic mass is 10.2. The van der Waals surface area contributed by atoms with E-state index in [4.69, 9.17) is 0 Å². The van der Waals surface area contributed by atoms with Gasteiger partial charge in [0.15, 0.2) is 5.69 Å². The Kier molecular flexibility index (Phi) is 4.72. The van der Waals surface area contributed by atoms with Crippen LogP contribution in [0, 0.1) is 0 Å². The highest BCUT2D eigenvalue weighted by Crippen LogP contribution is 2.32. The molecule has 8 heteroatoms. The Balaban J connectivity index is 2.78. The van der Waals surface area contributed by atoms with Crippen molar-refractivity contribution in [2.24, 2.45) is 0 Å². The van der Waals surface area contributed by atoms with Crippen molar-refractivity contribution >= 4 is 27.3 Å². The molecule has 0 amide bonds. The summed E-state index contributed by atoms with van der Waals surface area (Å²) in [5.41, 5.74) is -1.04. The van der Waals surface area contributed by atoms with Crippen LogP contribution in [0.5, 0.6) is 0 Å². The largest absolute Gasteiger partial charge is 0.434 e. The van der Waals surface area contributed by atoms with Crippen molar-refractivity contribution in [3.05, 3.63) is 16.1 Å². The fraction of sp³-hybridized carbons (Fsp3) is 0.625. The third-order valence-electron chi connectivity index (χ3n) is 1.83. The lowest BCUT2D eigenvalue weighted by Crippen LogP contribution is -2.18. The smallest absolute Gasteiger partial charge is 0.390 e. The van der Waals surface area contributed by atoms with Gasteiger partial charge in [-0.05, 0) is 6.42 Å². The van der Waals surface area contributed by atoms with Crippen molar-refractivity contribution in [1.82, 2.24) is 4.98 Å². The molecule has 1 aromatic heterocycles. The number of thiazole rings is 1. The zero-order valence-corrected chi connectivity index (χ0v) is 10.3. The van der Waals surface area contributed by atoms with E-state index in [2.05, 4.69) is 20.9 Å². The molecule has 1 aromatic rings. The molecule has 0 spiro atoms. The SMILES string of the molecule is OC(CCBr)C(O)c1nc(C(F)(F)F)cs1. The minimum atomic E-state index is -4.52. The summed E-state index contributed by atoms with van der Waals surface area (Å²) in [7, 11) is 0. The number of rotatable bonds is 4. The molecule has 92 valence electrons. The molecule has 0 bridgehead atoms. The molecule has 0 aliphatic rings. The average Bonchev–Trinajstić information content (AvgIpc) is 2.65. The molecule has 0 aliphatic carbocycles. The lowest BCUT2D eigenvalue weighted by molar-refractivity contribution is -0.141. The van der Waals surface area contributed by atoms with Crippen LogP contribution in [0.3, 0.4) is 0 Å². The molecular formula is C8H9BrF3NO2S. The molecule has 2 N–H and O–H groups in total. The van der Waals surface area contributed by atoms with Gasteiger partial charge in [0, 0.05) is 10.7 Å². The Bertz CT molecular complexity index is 344. The average molecular weight is 320 g/mol. The monoisotopic (exact) mass is 319 g/mol. The second kappa shape index (κ2) is 5.44. The highest BCUT2D eigenvalue weighted by molar-refractivity contribution is 9.09.